The minimum atomic E-state index is -0.317. The molecule has 1 atom stereocenters. The van der Waals surface area contributed by atoms with Crippen molar-refractivity contribution in [3.05, 3.63) is 23.8 Å². The molecule has 0 bridgehead atoms. The van der Waals surface area contributed by atoms with Crippen molar-refractivity contribution in [3.63, 3.8) is 0 Å². The average Bonchev–Trinajstić information content (AvgIpc) is 2.43. The van der Waals surface area contributed by atoms with E-state index in [2.05, 4.69) is 26.1 Å². The summed E-state index contributed by atoms with van der Waals surface area (Å²) in [6, 6.07) is 5.99. The molecule has 1 N–H and O–H groups in total. The van der Waals surface area contributed by atoms with Gasteiger partial charge in [-0.2, -0.15) is 0 Å². The highest BCUT2D eigenvalue weighted by Gasteiger charge is 2.31. The molecule has 0 spiro atoms. The molecule has 0 aromatic heterocycles. The molecular formula is C16H27NO3. The van der Waals surface area contributed by atoms with Gasteiger partial charge in [-0.15, -0.1) is 0 Å². The molecule has 0 aliphatic carbocycles. The molecule has 114 valence electrons. The van der Waals surface area contributed by atoms with Crippen LogP contribution >= 0.6 is 0 Å². The zero-order chi connectivity index (χ0) is 15.2. The second-order valence-corrected chi connectivity index (χ2v) is 5.17. The molecule has 0 fully saturated rings. The molecule has 4 heteroatoms. The van der Waals surface area contributed by atoms with Gasteiger partial charge in [0.1, 0.15) is 11.5 Å². The van der Waals surface area contributed by atoms with E-state index >= 15 is 0 Å². The van der Waals surface area contributed by atoms with Crippen molar-refractivity contribution in [1.29, 1.82) is 0 Å². The lowest BCUT2D eigenvalue weighted by Gasteiger charge is -2.35. The van der Waals surface area contributed by atoms with Gasteiger partial charge in [0, 0.05) is 12.7 Å². The molecule has 20 heavy (non-hydrogen) atoms. The monoisotopic (exact) mass is 281 g/mol. The fraction of sp³-hybridized carbons (Fsp3) is 0.625. The van der Waals surface area contributed by atoms with E-state index in [1.54, 1.807) is 14.2 Å². The maximum Gasteiger partial charge on any atom is 0.122 e. The minimum Gasteiger partial charge on any atom is -0.497 e. The van der Waals surface area contributed by atoms with Crippen molar-refractivity contribution in [1.82, 2.24) is 5.32 Å². The Labute approximate surface area is 122 Å². The van der Waals surface area contributed by atoms with Crippen LogP contribution in [0.2, 0.25) is 0 Å². The van der Waals surface area contributed by atoms with E-state index in [0.717, 1.165) is 23.6 Å². The van der Waals surface area contributed by atoms with E-state index in [1.807, 2.05) is 25.1 Å². The van der Waals surface area contributed by atoms with Gasteiger partial charge in [-0.3, -0.25) is 0 Å². The maximum atomic E-state index is 5.90. The number of ether oxygens (including phenoxy) is 3. The molecule has 4 nitrogen and oxygen atoms in total. The number of hydrogen-bond acceptors (Lipinski definition) is 4. The van der Waals surface area contributed by atoms with Crippen molar-refractivity contribution >= 4 is 0 Å². The third kappa shape index (κ3) is 4.12. The van der Waals surface area contributed by atoms with Crippen LogP contribution in [0.5, 0.6) is 11.5 Å². The molecule has 0 saturated heterocycles. The molecule has 0 aliphatic heterocycles. The highest BCUT2D eigenvalue weighted by molar-refractivity contribution is 5.40. The summed E-state index contributed by atoms with van der Waals surface area (Å²) in [7, 11) is 3.32. The summed E-state index contributed by atoms with van der Waals surface area (Å²) in [5.41, 5.74) is 0.781. The van der Waals surface area contributed by atoms with E-state index in [-0.39, 0.29) is 11.6 Å². The van der Waals surface area contributed by atoms with Gasteiger partial charge in [0.05, 0.1) is 25.9 Å². The van der Waals surface area contributed by atoms with E-state index < -0.39 is 0 Å². The highest BCUT2D eigenvalue weighted by atomic mass is 16.5. The van der Waals surface area contributed by atoms with E-state index in [1.165, 1.54) is 0 Å². The van der Waals surface area contributed by atoms with Gasteiger partial charge in [0.15, 0.2) is 0 Å². The second kappa shape index (κ2) is 7.50. The highest BCUT2D eigenvalue weighted by Crippen LogP contribution is 2.33. The second-order valence-electron chi connectivity index (χ2n) is 5.17. The van der Waals surface area contributed by atoms with E-state index in [0.29, 0.717) is 6.61 Å². The molecule has 1 unspecified atom stereocenters. The minimum absolute atomic E-state index is 0.0662. The van der Waals surface area contributed by atoms with Gasteiger partial charge < -0.3 is 19.5 Å². The number of likely N-dealkylation sites (N-methyl/N-ethyl adjacent to an activating group) is 1. The molecule has 1 rings (SSSR count). The van der Waals surface area contributed by atoms with Crippen molar-refractivity contribution < 1.29 is 14.2 Å². The Balaban J connectivity index is 3.19. The first-order valence-corrected chi connectivity index (χ1v) is 7.08. The summed E-state index contributed by atoms with van der Waals surface area (Å²) >= 11 is 0. The lowest BCUT2D eigenvalue weighted by Crippen LogP contribution is -2.41. The smallest absolute Gasteiger partial charge is 0.122 e. The first kappa shape index (κ1) is 16.8. The lowest BCUT2D eigenvalue weighted by atomic mass is 9.91. The maximum absolute atomic E-state index is 5.90. The Morgan fingerprint density at radius 2 is 1.60 bits per heavy atom. The normalized spacial score (nSPS) is 13.1. The van der Waals surface area contributed by atoms with Crippen LogP contribution in [0.25, 0.3) is 0 Å². The molecule has 1 aromatic rings. The van der Waals surface area contributed by atoms with Crippen LogP contribution in [-0.2, 0) is 4.74 Å². The molecule has 0 amide bonds. The molecule has 0 heterocycles. The fourth-order valence-corrected chi connectivity index (χ4v) is 2.42. The summed E-state index contributed by atoms with van der Waals surface area (Å²) in [5, 5.41) is 3.49. The largest absolute Gasteiger partial charge is 0.497 e. The summed E-state index contributed by atoms with van der Waals surface area (Å²) < 4.78 is 16.6. The van der Waals surface area contributed by atoms with Crippen molar-refractivity contribution in [2.24, 2.45) is 0 Å². The van der Waals surface area contributed by atoms with Crippen LogP contribution in [-0.4, -0.2) is 33.0 Å². The summed E-state index contributed by atoms with van der Waals surface area (Å²) in [6.45, 7) is 9.82. The molecule has 1 aromatic carbocycles. The quantitative estimate of drug-likeness (QED) is 0.794. The third-order valence-corrected chi connectivity index (χ3v) is 3.33. The molecule has 0 saturated carbocycles. The number of nitrogens with one attached hydrogen (secondary N) is 1. The predicted octanol–water partition coefficient (Wildman–Crippen LogP) is 3.17. The van der Waals surface area contributed by atoms with Crippen LogP contribution in [0, 0.1) is 0 Å². The number of benzene rings is 1. The molecular weight excluding hydrogens is 254 g/mol. The van der Waals surface area contributed by atoms with Gasteiger partial charge >= 0.3 is 0 Å². The van der Waals surface area contributed by atoms with Gasteiger partial charge in [0.2, 0.25) is 0 Å². The van der Waals surface area contributed by atoms with Gasteiger partial charge in [-0.05, 0) is 45.0 Å². The Hall–Kier alpha value is -1.26. The predicted molar refractivity (Wildman–Crippen MR) is 81.7 cm³/mol. The summed E-state index contributed by atoms with van der Waals surface area (Å²) in [4.78, 5) is 0. The Bertz CT molecular complexity index is 396. The molecule has 0 radical (unpaired) electrons. The van der Waals surface area contributed by atoms with Crippen molar-refractivity contribution in [2.45, 2.75) is 39.3 Å². The van der Waals surface area contributed by atoms with Gasteiger partial charge in [-0.1, -0.05) is 6.92 Å². The average molecular weight is 281 g/mol. The van der Waals surface area contributed by atoms with Crippen LogP contribution < -0.4 is 14.8 Å². The SMILES string of the molecule is CCNC(c1cc(OC)cc(OC)c1)C(C)(C)OCC. The van der Waals surface area contributed by atoms with E-state index in [9.17, 15) is 0 Å². The first-order chi connectivity index (χ1) is 9.48. The van der Waals surface area contributed by atoms with Gasteiger partial charge in [-0.25, -0.2) is 0 Å². The van der Waals surface area contributed by atoms with Crippen LogP contribution in [0.4, 0.5) is 0 Å². The summed E-state index contributed by atoms with van der Waals surface area (Å²) in [6.07, 6.45) is 0. The Kier molecular flexibility index (Phi) is 6.30. The van der Waals surface area contributed by atoms with Crippen LogP contribution in [0.3, 0.4) is 0 Å². The number of hydrogen-bond donors (Lipinski definition) is 1. The standard InChI is InChI=1S/C16H27NO3/c1-7-17-15(16(3,4)20-8-2)12-9-13(18-5)11-14(10-12)19-6/h9-11,15,17H,7-8H2,1-6H3. The lowest BCUT2D eigenvalue weighted by molar-refractivity contribution is -0.0389. The fourth-order valence-electron chi connectivity index (χ4n) is 2.42. The van der Waals surface area contributed by atoms with Crippen LogP contribution in [0.1, 0.15) is 39.3 Å². The Morgan fingerprint density at radius 1 is 1.05 bits per heavy atom. The van der Waals surface area contributed by atoms with Gasteiger partial charge in [0.25, 0.3) is 0 Å². The van der Waals surface area contributed by atoms with Crippen molar-refractivity contribution in [3.8, 4) is 11.5 Å². The first-order valence-electron chi connectivity index (χ1n) is 7.08. The van der Waals surface area contributed by atoms with Crippen molar-refractivity contribution in [2.75, 3.05) is 27.4 Å². The zero-order valence-electron chi connectivity index (χ0n) is 13.4. The molecule has 0 aliphatic rings. The summed E-state index contributed by atoms with van der Waals surface area (Å²) in [5.74, 6) is 1.57. The topological polar surface area (TPSA) is 39.7 Å². The third-order valence-electron chi connectivity index (χ3n) is 3.33. The number of methoxy groups -OCH3 is 2. The zero-order valence-corrected chi connectivity index (χ0v) is 13.4. The number of rotatable bonds is 8. The Morgan fingerprint density at radius 3 is 2.00 bits per heavy atom. The van der Waals surface area contributed by atoms with Crippen LogP contribution in [0.15, 0.2) is 18.2 Å². The van der Waals surface area contributed by atoms with E-state index in [4.69, 9.17) is 14.2 Å².